The first kappa shape index (κ1) is 15.0. The molecule has 1 aliphatic heterocycles. The number of aromatic nitrogens is 1. The van der Waals surface area contributed by atoms with Crippen molar-refractivity contribution in [2.75, 3.05) is 18.4 Å². The molecule has 1 aromatic heterocycles. The maximum absolute atomic E-state index is 12.2. The van der Waals surface area contributed by atoms with E-state index >= 15 is 0 Å². The summed E-state index contributed by atoms with van der Waals surface area (Å²) in [5.74, 6) is 1.23. The minimum absolute atomic E-state index is 0.0147. The van der Waals surface area contributed by atoms with Crippen LogP contribution < -0.4 is 15.4 Å². The van der Waals surface area contributed by atoms with Gasteiger partial charge in [0.1, 0.15) is 12.4 Å². The number of amides is 1. The van der Waals surface area contributed by atoms with Gasteiger partial charge in [-0.15, -0.1) is 11.3 Å². The van der Waals surface area contributed by atoms with Gasteiger partial charge in [0.15, 0.2) is 0 Å². The highest BCUT2D eigenvalue weighted by Crippen LogP contribution is 2.21. The normalized spacial score (nSPS) is 15.9. The van der Waals surface area contributed by atoms with Gasteiger partial charge in [0, 0.05) is 23.1 Å². The zero-order chi connectivity index (χ0) is 15.4. The van der Waals surface area contributed by atoms with E-state index in [1.807, 2.05) is 36.6 Å². The molecule has 1 aliphatic rings. The summed E-state index contributed by atoms with van der Waals surface area (Å²) in [4.78, 5) is 16.4. The highest BCUT2D eigenvalue weighted by molar-refractivity contribution is 7.07. The predicted octanol–water partition coefficient (Wildman–Crippen LogP) is 2.52. The Morgan fingerprint density at radius 1 is 1.55 bits per heavy atom. The van der Waals surface area contributed by atoms with E-state index in [2.05, 4.69) is 15.6 Å². The highest BCUT2D eigenvalue weighted by atomic mass is 32.1. The van der Waals surface area contributed by atoms with Crippen LogP contribution in [0.3, 0.4) is 0 Å². The number of ether oxygens (including phenoxy) is 1. The first-order chi connectivity index (χ1) is 10.7. The Morgan fingerprint density at radius 3 is 3.09 bits per heavy atom. The Kier molecular flexibility index (Phi) is 4.70. The van der Waals surface area contributed by atoms with Crippen LogP contribution in [0.1, 0.15) is 12.6 Å². The maximum Gasteiger partial charge on any atom is 0.227 e. The van der Waals surface area contributed by atoms with Crippen molar-refractivity contribution >= 4 is 22.9 Å². The average Bonchev–Trinajstić information content (AvgIpc) is 2.97. The number of hydrogen-bond acceptors (Lipinski definition) is 5. The van der Waals surface area contributed by atoms with E-state index in [1.165, 1.54) is 0 Å². The lowest BCUT2D eigenvalue weighted by Crippen LogP contribution is -2.48. The molecule has 0 radical (unpaired) electrons. The van der Waals surface area contributed by atoms with Crippen molar-refractivity contribution in [2.24, 2.45) is 11.8 Å². The van der Waals surface area contributed by atoms with Crippen molar-refractivity contribution in [1.29, 1.82) is 0 Å². The van der Waals surface area contributed by atoms with E-state index in [0.717, 1.165) is 30.2 Å². The molecule has 116 valence electrons. The Balaban J connectivity index is 1.57. The molecule has 1 amide bonds. The fraction of sp³-hybridized carbons (Fsp3) is 0.375. The third-order valence-corrected chi connectivity index (χ3v) is 4.54. The molecule has 6 heteroatoms. The van der Waals surface area contributed by atoms with Gasteiger partial charge in [-0.05, 0) is 31.1 Å². The standard InChI is InChI=1S/C16H19N3O2S/c1-11(12-6-17-7-12)16(20)19-13-3-2-4-15(5-13)21-8-14-9-22-10-18-14/h2-5,9-12,17H,6-8H2,1H3,(H,19,20). The van der Waals surface area contributed by atoms with Crippen LogP contribution in [0.5, 0.6) is 5.75 Å². The van der Waals surface area contributed by atoms with Crippen molar-refractivity contribution in [3.05, 3.63) is 40.8 Å². The Hall–Kier alpha value is -1.92. The van der Waals surface area contributed by atoms with E-state index in [-0.39, 0.29) is 11.8 Å². The largest absolute Gasteiger partial charge is 0.487 e. The molecule has 1 atom stereocenters. The molecule has 1 unspecified atom stereocenters. The van der Waals surface area contributed by atoms with E-state index in [9.17, 15) is 4.79 Å². The number of hydrogen-bond donors (Lipinski definition) is 2. The van der Waals surface area contributed by atoms with Gasteiger partial charge in [0.2, 0.25) is 5.91 Å². The van der Waals surface area contributed by atoms with Crippen molar-refractivity contribution in [1.82, 2.24) is 10.3 Å². The number of nitrogens with zero attached hydrogens (tertiary/aromatic N) is 1. The Morgan fingerprint density at radius 2 is 2.41 bits per heavy atom. The summed E-state index contributed by atoms with van der Waals surface area (Å²) in [6.45, 7) is 4.26. The van der Waals surface area contributed by atoms with Crippen LogP contribution >= 0.6 is 11.3 Å². The lowest BCUT2D eigenvalue weighted by molar-refractivity contribution is -0.121. The molecule has 0 saturated carbocycles. The topological polar surface area (TPSA) is 63.2 Å². The summed E-state index contributed by atoms with van der Waals surface area (Å²) < 4.78 is 5.70. The quantitative estimate of drug-likeness (QED) is 0.859. The molecule has 0 spiro atoms. The van der Waals surface area contributed by atoms with Gasteiger partial charge in [0.05, 0.1) is 11.2 Å². The number of rotatable bonds is 6. The minimum Gasteiger partial charge on any atom is -0.487 e. The van der Waals surface area contributed by atoms with Gasteiger partial charge in [-0.3, -0.25) is 4.79 Å². The molecule has 2 N–H and O–H groups in total. The third kappa shape index (κ3) is 3.64. The predicted molar refractivity (Wildman–Crippen MR) is 87.0 cm³/mol. The molecular formula is C16H19N3O2S. The average molecular weight is 317 g/mol. The van der Waals surface area contributed by atoms with Crippen LogP contribution in [0.2, 0.25) is 0 Å². The van der Waals surface area contributed by atoms with E-state index < -0.39 is 0 Å². The Bertz CT molecular complexity index is 626. The summed E-state index contributed by atoms with van der Waals surface area (Å²) in [5, 5.41) is 8.12. The van der Waals surface area contributed by atoms with E-state index in [0.29, 0.717) is 12.5 Å². The van der Waals surface area contributed by atoms with Crippen LogP contribution in [0.4, 0.5) is 5.69 Å². The maximum atomic E-state index is 12.2. The number of nitrogens with one attached hydrogen (secondary N) is 2. The SMILES string of the molecule is CC(C(=O)Nc1cccc(OCc2cscn2)c1)C1CNC1. The zero-order valence-corrected chi connectivity index (χ0v) is 13.2. The molecule has 2 heterocycles. The van der Waals surface area contributed by atoms with Gasteiger partial charge in [-0.2, -0.15) is 0 Å². The summed E-state index contributed by atoms with van der Waals surface area (Å²) in [7, 11) is 0. The fourth-order valence-electron chi connectivity index (χ4n) is 2.26. The van der Waals surface area contributed by atoms with E-state index in [4.69, 9.17) is 4.74 Å². The molecule has 1 saturated heterocycles. The number of carbonyl (C=O) groups excluding carboxylic acids is 1. The molecule has 0 aliphatic carbocycles. The summed E-state index contributed by atoms with van der Waals surface area (Å²) >= 11 is 1.55. The molecular weight excluding hydrogens is 298 g/mol. The second-order valence-electron chi connectivity index (χ2n) is 5.49. The van der Waals surface area contributed by atoms with Gasteiger partial charge >= 0.3 is 0 Å². The number of carbonyl (C=O) groups is 1. The lowest BCUT2D eigenvalue weighted by atomic mass is 9.88. The van der Waals surface area contributed by atoms with Crippen LogP contribution in [-0.4, -0.2) is 24.0 Å². The van der Waals surface area contributed by atoms with Crippen molar-refractivity contribution in [3.8, 4) is 5.75 Å². The van der Waals surface area contributed by atoms with Crippen molar-refractivity contribution in [2.45, 2.75) is 13.5 Å². The molecule has 0 bridgehead atoms. The first-order valence-corrected chi connectivity index (χ1v) is 8.28. The highest BCUT2D eigenvalue weighted by Gasteiger charge is 2.28. The minimum atomic E-state index is 0.0147. The molecule has 3 rings (SSSR count). The first-order valence-electron chi connectivity index (χ1n) is 7.34. The molecule has 5 nitrogen and oxygen atoms in total. The van der Waals surface area contributed by atoms with Crippen molar-refractivity contribution in [3.63, 3.8) is 0 Å². The second kappa shape index (κ2) is 6.89. The fourth-order valence-corrected chi connectivity index (χ4v) is 2.81. The number of anilines is 1. The van der Waals surface area contributed by atoms with Gasteiger partial charge in [0.25, 0.3) is 0 Å². The summed E-state index contributed by atoms with van der Waals surface area (Å²) in [6, 6.07) is 7.47. The summed E-state index contributed by atoms with van der Waals surface area (Å²) in [6.07, 6.45) is 0. The molecule has 2 aromatic rings. The lowest BCUT2D eigenvalue weighted by Gasteiger charge is -2.31. The number of thiazole rings is 1. The zero-order valence-electron chi connectivity index (χ0n) is 12.4. The van der Waals surface area contributed by atoms with Crippen LogP contribution in [0, 0.1) is 11.8 Å². The van der Waals surface area contributed by atoms with Crippen LogP contribution in [-0.2, 0) is 11.4 Å². The Labute approximate surface area is 133 Å². The summed E-state index contributed by atoms with van der Waals surface area (Å²) in [5.41, 5.74) is 3.46. The van der Waals surface area contributed by atoms with Gasteiger partial charge in [-0.25, -0.2) is 4.98 Å². The molecule has 1 aromatic carbocycles. The van der Waals surface area contributed by atoms with Crippen molar-refractivity contribution < 1.29 is 9.53 Å². The third-order valence-electron chi connectivity index (χ3n) is 3.91. The monoisotopic (exact) mass is 317 g/mol. The van der Waals surface area contributed by atoms with E-state index in [1.54, 1.807) is 16.8 Å². The van der Waals surface area contributed by atoms with Gasteiger partial charge < -0.3 is 15.4 Å². The second-order valence-corrected chi connectivity index (χ2v) is 6.21. The van der Waals surface area contributed by atoms with Gasteiger partial charge in [-0.1, -0.05) is 13.0 Å². The van der Waals surface area contributed by atoms with Crippen LogP contribution in [0.15, 0.2) is 35.2 Å². The smallest absolute Gasteiger partial charge is 0.227 e. The number of benzene rings is 1. The molecule has 22 heavy (non-hydrogen) atoms. The van der Waals surface area contributed by atoms with Crippen LogP contribution in [0.25, 0.3) is 0 Å². The molecule has 1 fully saturated rings.